The topological polar surface area (TPSA) is 48.2 Å². The van der Waals surface area contributed by atoms with Gasteiger partial charge in [0.15, 0.2) is 0 Å². The molecule has 3 rings (SSSR count). The fourth-order valence-corrected chi connectivity index (χ4v) is 3.07. The molecule has 0 unspecified atom stereocenters. The van der Waals surface area contributed by atoms with E-state index in [2.05, 4.69) is 42.2 Å². The molecule has 2 aromatic carbocycles. The van der Waals surface area contributed by atoms with Crippen LogP contribution in [0.4, 0.5) is 0 Å². The molecule has 0 bridgehead atoms. The van der Waals surface area contributed by atoms with E-state index in [4.69, 9.17) is 9.15 Å². The molecule has 0 saturated heterocycles. The molecule has 0 aliphatic heterocycles. The van der Waals surface area contributed by atoms with Gasteiger partial charge in [0.2, 0.25) is 5.89 Å². The normalized spacial score (nSPS) is 10.7. The van der Waals surface area contributed by atoms with Crippen molar-refractivity contribution in [2.45, 2.75) is 24.8 Å². The lowest BCUT2D eigenvalue weighted by molar-refractivity contribution is 0.414. The quantitative estimate of drug-likeness (QED) is 0.638. The van der Waals surface area contributed by atoms with E-state index >= 15 is 0 Å². The Kier molecular flexibility index (Phi) is 4.67. The van der Waals surface area contributed by atoms with Crippen molar-refractivity contribution in [1.29, 1.82) is 0 Å². The first-order chi connectivity index (χ1) is 11.1. The summed E-state index contributed by atoms with van der Waals surface area (Å²) in [6.07, 6.45) is 0. The Morgan fingerprint density at radius 3 is 2.35 bits per heavy atom. The highest BCUT2D eigenvalue weighted by Gasteiger charge is 2.10. The summed E-state index contributed by atoms with van der Waals surface area (Å²) in [6.45, 7) is 4.12. The van der Waals surface area contributed by atoms with Crippen molar-refractivity contribution in [3.63, 3.8) is 0 Å². The number of ether oxygens (including phenoxy) is 1. The van der Waals surface area contributed by atoms with Gasteiger partial charge in [0.1, 0.15) is 5.75 Å². The third-order valence-electron chi connectivity index (χ3n) is 3.40. The average Bonchev–Trinajstić information content (AvgIpc) is 3.01. The van der Waals surface area contributed by atoms with Crippen molar-refractivity contribution in [2.75, 3.05) is 7.11 Å². The maximum absolute atomic E-state index is 5.76. The Morgan fingerprint density at radius 1 is 1.00 bits per heavy atom. The molecule has 0 saturated carbocycles. The number of thioether (sulfide) groups is 1. The van der Waals surface area contributed by atoms with Crippen LogP contribution in [0.15, 0.2) is 52.1 Å². The van der Waals surface area contributed by atoms with Crippen LogP contribution >= 0.6 is 11.8 Å². The van der Waals surface area contributed by atoms with Gasteiger partial charge in [0, 0.05) is 11.3 Å². The van der Waals surface area contributed by atoms with E-state index in [0.29, 0.717) is 11.1 Å². The van der Waals surface area contributed by atoms with E-state index in [1.165, 1.54) is 28.5 Å². The van der Waals surface area contributed by atoms with Crippen molar-refractivity contribution in [2.24, 2.45) is 0 Å². The lowest BCUT2D eigenvalue weighted by Crippen LogP contribution is -1.84. The molecule has 0 spiro atoms. The molecular formula is C18H18N2O2S. The molecule has 0 amide bonds. The van der Waals surface area contributed by atoms with E-state index in [1.54, 1.807) is 7.11 Å². The minimum absolute atomic E-state index is 0.564. The first kappa shape index (κ1) is 15.6. The molecule has 4 nitrogen and oxygen atoms in total. The van der Waals surface area contributed by atoms with Gasteiger partial charge in [-0.15, -0.1) is 10.2 Å². The number of nitrogens with zero attached hydrogens (tertiary/aromatic N) is 2. The lowest BCUT2D eigenvalue weighted by Gasteiger charge is -2.01. The summed E-state index contributed by atoms with van der Waals surface area (Å²) < 4.78 is 10.9. The van der Waals surface area contributed by atoms with E-state index in [0.717, 1.165) is 17.1 Å². The van der Waals surface area contributed by atoms with Gasteiger partial charge in [-0.1, -0.05) is 41.1 Å². The summed E-state index contributed by atoms with van der Waals surface area (Å²) >= 11 is 1.53. The fourth-order valence-electron chi connectivity index (χ4n) is 2.35. The van der Waals surface area contributed by atoms with Crippen LogP contribution in [-0.4, -0.2) is 17.3 Å². The van der Waals surface area contributed by atoms with Gasteiger partial charge in [0.25, 0.3) is 5.22 Å². The van der Waals surface area contributed by atoms with Crippen molar-refractivity contribution in [3.8, 4) is 17.2 Å². The molecule has 1 aromatic heterocycles. The molecule has 23 heavy (non-hydrogen) atoms. The molecule has 0 radical (unpaired) electrons. The standard InChI is InChI=1S/C18H18N2O2S/c1-12-8-13(2)10-15(9-12)17-19-20-18(22-17)23-11-14-4-6-16(21-3)7-5-14/h4-10H,11H2,1-3H3. The van der Waals surface area contributed by atoms with Crippen LogP contribution in [-0.2, 0) is 5.75 Å². The average molecular weight is 326 g/mol. The molecule has 3 aromatic rings. The minimum Gasteiger partial charge on any atom is -0.497 e. The fraction of sp³-hybridized carbons (Fsp3) is 0.222. The van der Waals surface area contributed by atoms with Crippen LogP contribution in [0.3, 0.4) is 0 Å². The summed E-state index contributed by atoms with van der Waals surface area (Å²) in [5.74, 6) is 2.20. The predicted octanol–water partition coefficient (Wildman–Crippen LogP) is 4.65. The molecule has 0 aliphatic carbocycles. The zero-order chi connectivity index (χ0) is 16.2. The lowest BCUT2D eigenvalue weighted by atomic mass is 10.1. The summed E-state index contributed by atoms with van der Waals surface area (Å²) in [6, 6.07) is 14.2. The number of aromatic nitrogens is 2. The molecule has 0 aliphatic rings. The van der Waals surface area contributed by atoms with Crippen molar-refractivity contribution < 1.29 is 9.15 Å². The first-order valence-electron chi connectivity index (χ1n) is 7.32. The van der Waals surface area contributed by atoms with Crippen LogP contribution in [0, 0.1) is 13.8 Å². The molecule has 5 heteroatoms. The van der Waals surface area contributed by atoms with Crippen LogP contribution in [0.25, 0.3) is 11.5 Å². The Labute approximate surface area is 139 Å². The summed E-state index contributed by atoms with van der Waals surface area (Å²) in [5, 5.41) is 8.85. The second kappa shape index (κ2) is 6.87. The largest absolute Gasteiger partial charge is 0.497 e. The summed E-state index contributed by atoms with van der Waals surface area (Å²) in [5.41, 5.74) is 4.52. The highest BCUT2D eigenvalue weighted by molar-refractivity contribution is 7.98. The maximum Gasteiger partial charge on any atom is 0.277 e. The zero-order valence-electron chi connectivity index (χ0n) is 13.4. The second-order valence-electron chi connectivity index (χ2n) is 5.39. The van der Waals surface area contributed by atoms with Gasteiger partial charge in [-0.3, -0.25) is 0 Å². The highest BCUT2D eigenvalue weighted by atomic mass is 32.2. The van der Waals surface area contributed by atoms with E-state index in [1.807, 2.05) is 24.3 Å². The monoisotopic (exact) mass is 326 g/mol. The second-order valence-corrected chi connectivity index (χ2v) is 6.31. The Morgan fingerprint density at radius 2 is 1.70 bits per heavy atom. The van der Waals surface area contributed by atoms with Crippen molar-refractivity contribution in [3.05, 3.63) is 59.2 Å². The maximum atomic E-state index is 5.76. The van der Waals surface area contributed by atoms with Crippen LogP contribution in [0.5, 0.6) is 5.75 Å². The van der Waals surface area contributed by atoms with Crippen LogP contribution < -0.4 is 4.74 Å². The van der Waals surface area contributed by atoms with Gasteiger partial charge in [-0.05, 0) is 43.7 Å². The van der Waals surface area contributed by atoms with Crippen LogP contribution in [0.1, 0.15) is 16.7 Å². The summed E-state index contributed by atoms with van der Waals surface area (Å²) in [7, 11) is 1.66. The minimum atomic E-state index is 0.564. The Hall–Kier alpha value is -2.27. The Balaban J connectivity index is 1.69. The third-order valence-corrected chi connectivity index (χ3v) is 4.29. The molecule has 0 N–H and O–H groups in total. The Bertz CT molecular complexity index is 777. The third kappa shape index (κ3) is 3.93. The van der Waals surface area contributed by atoms with Gasteiger partial charge in [-0.25, -0.2) is 0 Å². The van der Waals surface area contributed by atoms with Gasteiger partial charge < -0.3 is 9.15 Å². The summed E-state index contributed by atoms with van der Waals surface area (Å²) in [4.78, 5) is 0. The van der Waals surface area contributed by atoms with E-state index < -0.39 is 0 Å². The zero-order valence-corrected chi connectivity index (χ0v) is 14.2. The molecule has 0 atom stereocenters. The van der Waals surface area contributed by atoms with Crippen molar-refractivity contribution >= 4 is 11.8 Å². The number of hydrogen-bond acceptors (Lipinski definition) is 5. The van der Waals surface area contributed by atoms with Crippen molar-refractivity contribution in [1.82, 2.24) is 10.2 Å². The first-order valence-corrected chi connectivity index (χ1v) is 8.30. The number of methoxy groups -OCH3 is 1. The predicted molar refractivity (Wildman–Crippen MR) is 91.8 cm³/mol. The molecule has 0 fully saturated rings. The van der Waals surface area contributed by atoms with E-state index in [-0.39, 0.29) is 0 Å². The molecule has 118 valence electrons. The SMILES string of the molecule is COc1ccc(CSc2nnc(-c3cc(C)cc(C)c3)o2)cc1. The number of aryl methyl sites for hydroxylation is 2. The van der Waals surface area contributed by atoms with Gasteiger partial charge in [0.05, 0.1) is 7.11 Å². The number of benzene rings is 2. The highest BCUT2D eigenvalue weighted by Crippen LogP contribution is 2.27. The van der Waals surface area contributed by atoms with E-state index in [9.17, 15) is 0 Å². The smallest absolute Gasteiger partial charge is 0.277 e. The van der Waals surface area contributed by atoms with Gasteiger partial charge >= 0.3 is 0 Å². The number of rotatable bonds is 5. The number of hydrogen-bond donors (Lipinski definition) is 0. The molecular weight excluding hydrogens is 308 g/mol. The van der Waals surface area contributed by atoms with Gasteiger partial charge in [-0.2, -0.15) is 0 Å². The van der Waals surface area contributed by atoms with Crippen LogP contribution in [0.2, 0.25) is 0 Å². The molecule has 1 heterocycles.